The minimum absolute atomic E-state index is 0.0700. The first kappa shape index (κ1) is 21.9. The number of benzene rings is 3. The van der Waals surface area contributed by atoms with Crippen LogP contribution in [0.3, 0.4) is 0 Å². The van der Waals surface area contributed by atoms with Crippen LogP contribution in [0, 0.1) is 0 Å². The van der Waals surface area contributed by atoms with Crippen molar-refractivity contribution in [3.05, 3.63) is 77.9 Å². The molecule has 1 unspecified atom stereocenters. The van der Waals surface area contributed by atoms with Crippen LogP contribution in [0.1, 0.15) is 30.5 Å². The lowest BCUT2D eigenvalue weighted by molar-refractivity contribution is -0.138. The second-order valence-corrected chi connectivity index (χ2v) is 9.26. The van der Waals surface area contributed by atoms with Crippen molar-refractivity contribution in [2.24, 2.45) is 0 Å². The zero-order chi connectivity index (χ0) is 22.8. The molecule has 6 nitrogen and oxygen atoms in total. The van der Waals surface area contributed by atoms with Crippen LogP contribution in [0.5, 0.6) is 0 Å². The molecule has 0 amide bonds. The van der Waals surface area contributed by atoms with E-state index in [1.807, 2.05) is 0 Å². The summed E-state index contributed by atoms with van der Waals surface area (Å²) >= 11 is 0. The van der Waals surface area contributed by atoms with Crippen LogP contribution in [0.4, 0.5) is 5.69 Å². The van der Waals surface area contributed by atoms with Crippen molar-refractivity contribution < 1.29 is 14.6 Å². The molecule has 3 aromatic rings. The number of ether oxygens (including phenoxy) is 1. The first-order valence-corrected chi connectivity index (χ1v) is 11.7. The van der Waals surface area contributed by atoms with Gasteiger partial charge in [-0.25, -0.2) is 0 Å². The summed E-state index contributed by atoms with van der Waals surface area (Å²) in [4.78, 5) is 13.4. The highest BCUT2D eigenvalue weighted by Gasteiger charge is 2.40. The van der Waals surface area contributed by atoms with Gasteiger partial charge >= 0.3 is 5.97 Å². The first-order valence-electron chi connectivity index (χ1n) is 11.7. The Morgan fingerprint density at radius 2 is 1.88 bits per heavy atom. The topological polar surface area (TPSA) is 73.8 Å². The molecule has 0 saturated carbocycles. The van der Waals surface area contributed by atoms with Gasteiger partial charge in [0.05, 0.1) is 25.3 Å². The summed E-state index contributed by atoms with van der Waals surface area (Å²) in [5.74, 6) is -0.855. The van der Waals surface area contributed by atoms with E-state index >= 15 is 0 Å². The number of fused-ring (bicyclic) bond motifs is 1. The minimum Gasteiger partial charge on any atom is -0.480 e. The first-order chi connectivity index (χ1) is 16.0. The SMILES string of the molecule is C[C@@H](NC1CCN(c2ccc(C3(NCC(=O)O)COC3)cc2)C1)c1cccc2ccccc12. The number of rotatable bonds is 8. The Hall–Kier alpha value is -2.93. The van der Waals surface area contributed by atoms with Gasteiger partial charge < -0.3 is 20.1 Å². The number of anilines is 1. The van der Waals surface area contributed by atoms with E-state index in [0.717, 1.165) is 25.1 Å². The summed E-state index contributed by atoms with van der Waals surface area (Å²) in [6, 6.07) is 24.3. The quantitative estimate of drug-likeness (QED) is 0.491. The van der Waals surface area contributed by atoms with E-state index in [1.54, 1.807) is 0 Å². The van der Waals surface area contributed by atoms with Gasteiger partial charge in [0.1, 0.15) is 0 Å². The standard InChI is InChI=1S/C27H31N3O3/c1-19(24-8-4-6-20-5-2-3-7-25(20)24)29-22-13-14-30(16-22)23-11-9-21(10-12-23)27(17-33-18-27)28-15-26(31)32/h2-12,19,22,28-29H,13-18H2,1H3,(H,31,32)/t19-,22?/m1/s1. The van der Waals surface area contributed by atoms with E-state index in [4.69, 9.17) is 9.84 Å². The maximum absolute atomic E-state index is 11.0. The van der Waals surface area contributed by atoms with Gasteiger partial charge in [0, 0.05) is 30.9 Å². The Bertz CT molecular complexity index is 1120. The zero-order valence-corrected chi connectivity index (χ0v) is 19.0. The number of aliphatic carboxylic acids is 1. The number of hydrogen-bond donors (Lipinski definition) is 3. The van der Waals surface area contributed by atoms with Gasteiger partial charge in [-0.3, -0.25) is 10.1 Å². The fraction of sp³-hybridized carbons (Fsp3) is 0.370. The molecule has 0 spiro atoms. The zero-order valence-electron chi connectivity index (χ0n) is 19.0. The largest absolute Gasteiger partial charge is 0.480 e. The lowest BCUT2D eigenvalue weighted by Crippen LogP contribution is -2.58. The summed E-state index contributed by atoms with van der Waals surface area (Å²) in [7, 11) is 0. The van der Waals surface area contributed by atoms with Gasteiger partial charge in [-0.1, -0.05) is 54.6 Å². The molecule has 2 fully saturated rings. The average Bonchev–Trinajstić information content (AvgIpc) is 3.26. The molecule has 0 aromatic heterocycles. The van der Waals surface area contributed by atoms with E-state index < -0.39 is 5.97 Å². The maximum Gasteiger partial charge on any atom is 0.317 e. The van der Waals surface area contributed by atoms with E-state index in [2.05, 4.69) is 89.2 Å². The molecule has 33 heavy (non-hydrogen) atoms. The normalized spacial score (nSPS) is 20.5. The van der Waals surface area contributed by atoms with E-state index in [1.165, 1.54) is 22.0 Å². The predicted molar refractivity (Wildman–Crippen MR) is 131 cm³/mol. The molecule has 2 aliphatic heterocycles. The Morgan fingerprint density at radius 3 is 2.61 bits per heavy atom. The van der Waals surface area contributed by atoms with E-state index in [-0.39, 0.29) is 18.1 Å². The lowest BCUT2D eigenvalue weighted by Gasteiger charge is -2.42. The van der Waals surface area contributed by atoms with Gasteiger partial charge in [0.25, 0.3) is 0 Å². The van der Waals surface area contributed by atoms with Crippen molar-refractivity contribution in [3.63, 3.8) is 0 Å². The second-order valence-electron chi connectivity index (χ2n) is 9.26. The van der Waals surface area contributed by atoms with E-state index in [9.17, 15) is 4.79 Å². The Labute approximate surface area is 194 Å². The molecule has 2 atom stereocenters. The summed E-state index contributed by atoms with van der Waals surface area (Å²) in [6.45, 7) is 5.18. The highest BCUT2D eigenvalue weighted by Crippen LogP contribution is 2.32. The summed E-state index contributed by atoms with van der Waals surface area (Å²) in [6.07, 6.45) is 1.11. The fourth-order valence-electron chi connectivity index (χ4n) is 5.12. The molecule has 6 heteroatoms. The molecular weight excluding hydrogens is 414 g/mol. The van der Waals surface area contributed by atoms with Gasteiger partial charge in [-0.2, -0.15) is 0 Å². The molecule has 0 radical (unpaired) electrons. The van der Waals surface area contributed by atoms with Crippen LogP contribution in [0.15, 0.2) is 66.7 Å². The molecule has 3 aromatic carbocycles. The van der Waals surface area contributed by atoms with Crippen LogP contribution in [0.2, 0.25) is 0 Å². The van der Waals surface area contributed by atoms with Gasteiger partial charge in [0.2, 0.25) is 0 Å². The number of carbonyl (C=O) groups is 1. The average molecular weight is 446 g/mol. The Morgan fingerprint density at radius 1 is 1.12 bits per heavy atom. The third-order valence-corrected chi connectivity index (χ3v) is 7.02. The minimum atomic E-state index is -0.855. The van der Waals surface area contributed by atoms with Crippen LogP contribution < -0.4 is 15.5 Å². The number of nitrogens with zero attached hydrogens (tertiary/aromatic N) is 1. The van der Waals surface area contributed by atoms with Crippen molar-refractivity contribution in [3.8, 4) is 0 Å². The van der Waals surface area contributed by atoms with Crippen LogP contribution >= 0.6 is 0 Å². The lowest BCUT2D eigenvalue weighted by atomic mass is 9.87. The van der Waals surface area contributed by atoms with Gasteiger partial charge in [-0.05, 0) is 47.4 Å². The molecule has 2 aliphatic rings. The maximum atomic E-state index is 11.0. The second kappa shape index (κ2) is 9.14. The third-order valence-electron chi connectivity index (χ3n) is 7.02. The monoisotopic (exact) mass is 445 g/mol. The van der Waals surface area contributed by atoms with Crippen molar-refractivity contribution in [1.82, 2.24) is 10.6 Å². The molecule has 2 saturated heterocycles. The smallest absolute Gasteiger partial charge is 0.317 e. The highest BCUT2D eigenvalue weighted by molar-refractivity contribution is 5.86. The Balaban J connectivity index is 1.22. The van der Waals surface area contributed by atoms with Crippen molar-refractivity contribution >= 4 is 22.4 Å². The molecule has 172 valence electrons. The summed E-state index contributed by atoms with van der Waals surface area (Å²) in [5.41, 5.74) is 3.24. The van der Waals surface area contributed by atoms with Crippen LogP contribution in [-0.4, -0.2) is 50.0 Å². The fourth-order valence-corrected chi connectivity index (χ4v) is 5.12. The summed E-state index contributed by atoms with van der Waals surface area (Å²) < 4.78 is 5.40. The van der Waals surface area contributed by atoms with Crippen LogP contribution in [0.25, 0.3) is 10.8 Å². The molecule has 0 bridgehead atoms. The number of carboxylic acid groups (broad SMARTS) is 1. The highest BCUT2D eigenvalue weighted by atomic mass is 16.5. The Kier molecular flexibility index (Phi) is 6.06. The molecule has 5 rings (SSSR count). The van der Waals surface area contributed by atoms with Crippen molar-refractivity contribution in [1.29, 1.82) is 0 Å². The summed E-state index contributed by atoms with van der Waals surface area (Å²) in [5, 5.41) is 18.6. The van der Waals surface area contributed by atoms with E-state index in [0.29, 0.717) is 19.3 Å². The number of nitrogens with one attached hydrogen (secondary N) is 2. The van der Waals surface area contributed by atoms with Gasteiger partial charge in [-0.15, -0.1) is 0 Å². The van der Waals surface area contributed by atoms with Crippen molar-refractivity contribution in [2.75, 3.05) is 37.7 Å². The molecule has 0 aliphatic carbocycles. The molecule has 2 heterocycles. The molecular formula is C27H31N3O3. The molecule has 3 N–H and O–H groups in total. The third kappa shape index (κ3) is 4.47. The van der Waals surface area contributed by atoms with Gasteiger partial charge in [0.15, 0.2) is 0 Å². The van der Waals surface area contributed by atoms with Crippen LogP contribution in [-0.2, 0) is 15.1 Å². The van der Waals surface area contributed by atoms with Crippen molar-refractivity contribution in [2.45, 2.75) is 31.0 Å². The number of carboxylic acids is 1. The predicted octanol–water partition coefficient (Wildman–Crippen LogP) is 3.67. The number of hydrogen-bond acceptors (Lipinski definition) is 5.